The van der Waals surface area contributed by atoms with Gasteiger partial charge in [0.05, 0.1) is 11.4 Å². The number of carbonyl (C=O) groups is 2. The smallest absolute Gasteiger partial charge is 0.287 e. The molecule has 148 valence electrons. The van der Waals surface area contributed by atoms with Gasteiger partial charge in [-0.1, -0.05) is 11.6 Å². The van der Waals surface area contributed by atoms with Gasteiger partial charge in [0.1, 0.15) is 11.1 Å². The van der Waals surface area contributed by atoms with Crippen molar-refractivity contribution in [3.63, 3.8) is 0 Å². The number of aromatic amines is 1. The molecule has 0 saturated heterocycles. The second kappa shape index (κ2) is 7.05. The maximum Gasteiger partial charge on any atom is 0.287 e. The van der Waals surface area contributed by atoms with Gasteiger partial charge < -0.3 is 20.5 Å². The number of hydrogen-bond acceptors (Lipinski definition) is 5. The van der Waals surface area contributed by atoms with Crippen molar-refractivity contribution >= 4 is 22.8 Å². The van der Waals surface area contributed by atoms with Gasteiger partial charge in [-0.2, -0.15) is 0 Å². The van der Waals surface area contributed by atoms with Gasteiger partial charge in [0.25, 0.3) is 17.4 Å². The van der Waals surface area contributed by atoms with Gasteiger partial charge in [-0.15, -0.1) is 0 Å². The molecule has 1 aliphatic carbocycles. The largest absolute Gasteiger partial charge is 0.451 e. The fraction of sp³-hybridized carbons (Fsp3) is 0.238. The van der Waals surface area contributed by atoms with E-state index < -0.39 is 23.4 Å². The number of H-pyrrole nitrogens is 1. The molecule has 8 heteroatoms. The molecule has 4 N–H and O–H groups in total. The van der Waals surface area contributed by atoms with Crippen molar-refractivity contribution < 1.29 is 14.0 Å². The Balaban J connectivity index is 1.68. The third-order valence-corrected chi connectivity index (χ3v) is 5.13. The van der Waals surface area contributed by atoms with Crippen LogP contribution in [0.2, 0.25) is 0 Å². The van der Waals surface area contributed by atoms with Crippen LogP contribution in [0, 0.1) is 6.92 Å². The van der Waals surface area contributed by atoms with Crippen LogP contribution in [-0.4, -0.2) is 16.8 Å². The fourth-order valence-electron chi connectivity index (χ4n) is 3.69. The minimum atomic E-state index is -0.833. The lowest BCUT2D eigenvalue weighted by molar-refractivity contribution is 0.0905. The maximum atomic E-state index is 12.8. The van der Waals surface area contributed by atoms with Crippen LogP contribution in [0.4, 0.5) is 0 Å². The Hall–Kier alpha value is -3.68. The minimum Gasteiger partial charge on any atom is -0.451 e. The summed E-state index contributed by atoms with van der Waals surface area (Å²) in [6.45, 7) is 1.87. The third kappa shape index (κ3) is 3.44. The second-order valence-corrected chi connectivity index (χ2v) is 7.20. The highest BCUT2D eigenvalue weighted by atomic mass is 16.3. The molecule has 2 aromatic heterocycles. The van der Waals surface area contributed by atoms with E-state index in [2.05, 4.69) is 10.3 Å². The molecule has 1 unspecified atom stereocenters. The van der Waals surface area contributed by atoms with E-state index in [0.29, 0.717) is 35.1 Å². The van der Waals surface area contributed by atoms with Crippen molar-refractivity contribution in [1.82, 2.24) is 10.3 Å². The van der Waals surface area contributed by atoms with Gasteiger partial charge in [-0.3, -0.25) is 19.2 Å². The Kier molecular flexibility index (Phi) is 4.54. The first kappa shape index (κ1) is 18.7. The molecule has 1 aliphatic rings. The number of rotatable bonds is 3. The van der Waals surface area contributed by atoms with E-state index >= 15 is 0 Å². The first-order chi connectivity index (χ1) is 13.8. The summed E-state index contributed by atoms with van der Waals surface area (Å²) < 4.78 is 5.63. The van der Waals surface area contributed by atoms with E-state index in [-0.39, 0.29) is 16.8 Å². The Morgan fingerprint density at radius 1 is 1.21 bits per heavy atom. The molecule has 2 amide bonds. The summed E-state index contributed by atoms with van der Waals surface area (Å²) in [5.41, 5.74) is 6.81. The van der Waals surface area contributed by atoms with Crippen LogP contribution in [-0.2, 0) is 6.42 Å². The average Bonchev–Trinajstić information content (AvgIpc) is 2.67. The van der Waals surface area contributed by atoms with Crippen LogP contribution in [0.15, 0.2) is 44.3 Å². The summed E-state index contributed by atoms with van der Waals surface area (Å²) in [4.78, 5) is 51.3. The number of primary amides is 1. The predicted octanol–water partition coefficient (Wildman–Crippen LogP) is 1.70. The van der Waals surface area contributed by atoms with E-state index in [9.17, 15) is 19.2 Å². The number of carbonyl (C=O) groups excluding carboxylic acids is 2. The van der Waals surface area contributed by atoms with Crippen molar-refractivity contribution in [2.24, 2.45) is 5.73 Å². The summed E-state index contributed by atoms with van der Waals surface area (Å²) in [6.07, 6.45) is 1.98. The number of aryl methyl sites for hydroxylation is 2. The Bertz CT molecular complexity index is 1270. The van der Waals surface area contributed by atoms with E-state index in [0.717, 1.165) is 12.0 Å². The van der Waals surface area contributed by atoms with Crippen molar-refractivity contribution in [2.75, 3.05) is 0 Å². The summed E-state index contributed by atoms with van der Waals surface area (Å²) in [7, 11) is 0. The number of benzene rings is 1. The third-order valence-electron chi connectivity index (χ3n) is 5.13. The van der Waals surface area contributed by atoms with Crippen molar-refractivity contribution in [2.45, 2.75) is 32.2 Å². The number of pyridine rings is 1. The Morgan fingerprint density at radius 2 is 2.00 bits per heavy atom. The first-order valence-electron chi connectivity index (χ1n) is 9.25. The van der Waals surface area contributed by atoms with Gasteiger partial charge in [-0.25, -0.2) is 0 Å². The Morgan fingerprint density at radius 3 is 2.76 bits per heavy atom. The van der Waals surface area contributed by atoms with Crippen molar-refractivity contribution in [3.8, 4) is 0 Å². The van der Waals surface area contributed by atoms with Crippen LogP contribution in [0.25, 0.3) is 11.0 Å². The van der Waals surface area contributed by atoms with Crippen LogP contribution in [0.3, 0.4) is 0 Å². The number of hydrogen-bond donors (Lipinski definition) is 3. The van der Waals surface area contributed by atoms with Gasteiger partial charge in [0.15, 0.2) is 11.2 Å². The lowest BCUT2D eigenvalue weighted by Crippen LogP contribution is -2.34. The molecule has 8 nitrogen and oxygen atoms in total. The van der Waals surface area contributed by atoms with E-state index in [1.54, 1.807) is 18.2 Å². The molecule has 2 heterocycles. The van der Waals surface area contributed by atoms with E-state index in [1.807, 2.05) is 6.92 Å². The highest BCUT2D eigenvalue weighted by Crippen LogP contribution is 2.28. The number of fused-ring (bicyclic) bond motifs is 2. The summed E-state index contributed by atoms with van der Waals surface area (Å²) >= 11 is 0. The van der Waals surface area contributed by atoms with Gasteiger partial charge >= 0.3 is 0 Å². The molecule has 0 saturated carbocycles. The van der Waals surface area contributed by atoms with Crippen molar-refractivity contribution in [1.29, 1.82) is 0 Å². The minimum absolute atomic E-state index is 0.0991. The molecule has 0 aliphatic heterocycles. The fourth-order valence-corrected chi connectivity index (χ4v) is 3.69. The van der Waals surface area contributed by atoms with Gasteiger partial charge in [0, 0.05) is 11.8 Å². The normalized spacial score (nSPS) is 15.7. The van der Waals surface area contributed by atoms with Crippen LogP contribution in [0.1, 0.15) is 56.6 Å². The molecule has 29 heavy (non-hydrogen) atoms. The van der Waals surface area contributed by atoms with Crippen LogP contribution < -0.4 is 22.0 Å². The molecule has 0 radical (unpaired) electrons. The maximum absolute atomic E-state index is 12.8. The van der Waals surface area contributed by atoms with Gasteiger partial charge in [-0.05, 0) is 49.9 Å². The highest BCUT2D eigenvalue weighted by molar-refractivity contribution is 5.94. The number of nitrogens with two attached hydrogens (primary N) is 1. The summed E-state index contributed by atoms with van der Waals surface area (Å²) in [5, 5.41) is 3.24. The molecule has 0 fully saturated rings. The number of nitrogens with one attached hydrogen (secondary N) is 2. The predicted molar refractivity (Wildman–Crippen MR) is 106 cm³/mol. The van der Waals surface area contributed by atoms with Gasteiger partial charge in [0.2, 0.25) is 0 Å². The van der Waals surface area contributed by atoms with Crippen molar-refractivity contribution in [3.05, 3.63) is 79.1 Å². The molecule has 1 atom stereocenters. The standard InChI is InChI=1S/C21H19N3O5/c1-10-5-6-17-12(7-10)16(25)9-18(29-17)21(28)24-15-4-2-3-14-11(15)8-13(19(22)26)20(27)23-14/h5-9,15H,2-4H2,1H3,(H2,22,26)(H,23,27)(H,24,28). The monoisotopic (exact) mass is 393 g/mol. The molecule has 3 aromatic rings. The summed E-state index contributed by atoms with van der Waals surface area (Å²) in [6, 6.07) is 7.32. The zero-order chi connectivity index (χ0) is 20.7. The van der Waals surface area contributed by atoms with Crippen LogP contribution >= 0.6 is 0 Å². The zero-order valence-corrected chi connectivity index (χ0v) is 15.7. The SMILES string of the molecule is Cc1ccc2oc(C(=O)NC3CCCc4[nH]c(=O)c(C(N)=O)cc43)cc(=O)c2c1. The molecular formula is C21H19N3O5. The lowest BCUT2D eigenvalue weighted by atomic mass is 9.90. The highest BCUT2D eigenvalue weighted by Gasteiger charge is 2.26. The molecule has 4 rings (SSSR count). The molecule has 1 aromatic carbocycles. The topological polar surface area (TPSA) is 135 Å². The zero-order valence-electron chi connectivity index (χ0n) is 15.7. The first-order valence-corrected chi connectivity index (χ1v) is 9.25. The number of amides is 2. The average molecular weight is 393 g/mol. The molecule has 0 spiro atoms. The molecular weight excluding hydrogens is 374 g/mol. The van der Waals surface area contributed by atoms with E-state index in [4.69, 9.17) is 10.2 Å². The van der Waals surface area contributed by atoms with Crippen LogP contribution in [0.5, 0.6) is 0 Å². The quantitative estimate of drug-likeness (QED) is 0.622. The number of aromatic nitrogens is 1. The summed E-state index contributed by atoms with van der Waals surface area (Å²) in [5.74, 6) is -1.48. The Labute approximate surface area is 164 Å². The molecule has 0 bridgehead atoms. The lowest BCUT2D eigenvalue weighted by Gasteiger charge is -2.26. The second-order valence-electron chi connectivity index (χ2n) is 7.20. The van der Waals surface area contributed by atoms with E-state index in [1.165, 1.54) is 12.1 Å².